The maximum Gasteiger partial charge on any atom is 0.207 e. The number of benzene rings is 2. The van der Waals surface area contributed by atoms with Crippen LogP contribution in [0.2, 0.25) is 0 Å². The van der Waals surface area contributed by atoms with Crippen molar-refractivity contribution < 1.29 is 4.74 Å². The third kappa shape index (κ3) is 2.92. The summed E-state index contributed by atoms with van der Waals surface area (Å²) in [7, 11) is 0. The van der Waals surface area contributed by atoms with E-state index in [9.17, 15) is 0 Å². The number of imidazole rings is 1. The van der Waals surface area contributed by atoms with Crippen LogP contribution in [-0.2, 0) is 6.61 Å². The van der Waals surface area contributed by atoms with Gasteiger partial charge in [0.05, 0.1) is 5.69 Å². The lowest BCUT2D eigenvalue weighted by Crippen LogP contribution is -2.01. The second-order valence-electron chi connectivity index (χ2n) is 5.87. The number of nitrogen functional groups attached to an aromatic ring is 1. The molecule has 4 rings (SSSR count). The Kier molecular flexibility index (Phi) is 3.82. The number of nitrogens with two attached hydrogens (primary N) is 1. The smallest absolute Gasteiger partial charge is 0.207 e. The Morgan fingerprint density at radius 1 is 1.00 bits per heavy atom. The van der Waals surface area contributed by atoms with Gasteiger partial charge in [-0.15, -0.1) is 0 Å². The van der Waals surface area contributed by atoms with Crippen molar-refractivity contribution in [2.75, 3.05) is 5.73 Å². The van der Waals surface area contributed by atoms with Crippen LogP contribution in [0.1, 0.15) is 11.1 Å². The Morgan fingerprint density at radius 3 is 2.52 bits per heavy atom. The summed E-state index contributed by atoms with van der Waals surface area (Å²) >= 11 is 0. The third-order valence-electron chi connectivity index (χ3n) is 4.12. The minimum atomic E-state index is 0.426. The first-order chi connectivity index (χ1) is 12.2. The molecule has 2 aromatic heterocycles. The number of hydrogen-bond acceptors (Lipinski definition) is 4. The number of aromatic nitrogens is 3. The normalized spacial score (nSPS) is 10.9. The zero-order chi connectivity index (χ0) is 17.2. The van der Waals surface area contributed by atoms with Gasteiger partial charge in [-0.05, 0) is 48.4 Å². The van der Waals surface area contributed by atoms with E-state index in [1.165, 1.54) is 0 Å². The van der Waals surface area contributed by atoms with Gasteiger partial charge in [0, 0.05) is 6.20 Å². The van der Waals surface area contributed by atoms with Crippen molar-refractivity contribution in [3.63, 3.8) is 0 Å². The predicted octanol–water partition coefficient (Wildman–Crippen LogP) is 3.89. The van der Waals surface area contributed by atoms with Crippen LogP contribution < -0.4 is 10.5 Å². The lowest BCUT2D eigenvalue weighted by atomic mass is 10.2. The average molecular weight is 330 g/mol. The highest BCUT2D eigenvalue weighted by Gasteiger charge is 2.12. The van der Waals surface area contributed by atoms with Gasteiger partial charge in [-0.25, -0.2) is 9.97 Å². The van der Waals surface area contributed by atoms with Crippen LogP contribution in [0.3, 0.4) is 0 Å². The number of ether oxygens (including phenoxy) is 1. The fourth-order valence-corrected chi connectivity index (χ4v) is 2.80. The topological polar surface area (TPSA) is 66.0 Å². The largest absolute Gasteiger partial charge is 0.489 e. The van der Waals surface area contributed by atoms with E-state index in [2.05, 4.69) is 9.97 Å². The minimum Gasteiger partial charge on any atom is -0.489 e. The molecule has 2 aromatic carbocycles. The third-order valence-corrected chi connectivity index (χ3v) is 4.12. The lowest BCUT2D eigenvalue weighted by molar-refractivity contribution is 0.306. The van der Waals surface area contributed by atoms with Gasteiger partial charge in [0.2, 0.25) is 5.95 Å². The molecule has 0 aliphatic rings. The molecule has 5 heteroatoms. The highest BCUT2D eigenvalue weighted by molar-refractivity contribution is 5.79. The van der Waals surface area contributed by atoms with Crippen LogP contribution in [0.4, 0.5) is 5.95 Å². The van der Waals surface area contributed by atoms with Crippen molar-refractivity contribution in [3.8, 4) is 11.4 Å². The zero-order valence-electron chi connectivity index (χ0n) is 13.9. The molecule has 0 amide bonds. The maximum absolute atomic E-state index is 6.11. The zero-order valence-corrected chi connectivity index (χ0v) is 13.9. The fourth-order valence-electron chi connectivity index (χ4n) is 2.80. The standard InChI is InChI=1S/C20H18N4O/c1-14-11-12-22-19-18(14)23-20(21)24(19)16-7-9-17(10-8-16)25-13-15-5-3-2-4-6-15/h2-12H,13H2,1H3,(H2,21,23). The van der Waals surface area contributed by atoms with Crippen LogP contribution in [0.25, 0.3) is 16.9 Å². The quantitative estimate of drug-likeness (QED) is 0.616. The summed E-state index contributed by atoms with van der Waals surface area (Å²) < 4.78 is 7.68. The van der Waals surface area contributed by atoms with E-state index in [1.54, 1.807) is 6.20 Å². The molecule has 0 bridgehead atoms. The molecule has 0 spiro atoms. The number of rotatable bonds is 4. The van der Waals surface area contributed by atoms with Crippen molar-refractivity contribution in [3.05, 3.63) is 78.0 Å². The van der Waals surface area contributed by atoms with E-state index >= 15 is 0 Å². The Balaban J connectivity index is 1.60. The van der Waals surface area contributed by atoms with Crippen molar-refractivity contribution in [1.29, 1.82) is 0 Å². The van der Waals surface area contributed by atoms with E-state index < -0.39 is 0 Å². The molecule has 0 saturated carbocycles. The molecule has 0 unspecified atom stereocenters. The molecule has 0 atom stereocenters. The summed E-state index contributed by atoms with van der Waals surface area (Å²) in [5.74, 6) is 1.23. The predicted molar refractivity (Wildman–Crippen MR) is 98.8 cm³/mol. The highest BCUT2D eigenvalue weighted by atomic mass is 16.5. The van der Waals surface area contributed by atoms with Crippen LogP contribution in [-0.4, -0.2) is 14.5 Å². The molecular formula is C20H18N4O. The first kappa shape index (κ1) is 15.2. The summed E-state index contributed by atoms with van der Waals surface area (Å²) in [6, 6.07) is 19.8. The van der Waals surface area contributed by atoms with E-state index in [1.807, 2.05) is 72.2 Å². The molecule has 4 aromatic rings. The molecule has 5 nitrogen and oxygen atoms in total. The van der Waals surface area contributed by atoms with Gasteiger partial charge in [-0.1, -0.05) is 30.3 Å². The maximum atomic E-state index is 6.11. The molecule has 0 saturated heterocycles. The Labute approximate surface area is 145 Å². The minimum absolute atomic E-state index is 0.426. The second kappa shape index (κ2) is 6.28. The first-order valence-electron chi connectivity index (χ1n) is 8.09. The molecule has 124 valence electrons. The SMILES string of the molecule is Cc1ccnc2c1nc(N)n2-c1ccc(OCc2ccccc2)cc1. The van der Waals surface area contributed by atoms with Gasteiger partial charge in [-0.2, -0.15) is 0 Å². The van der Waals surface area contributed by atoms with Crippen LogP contribution in [0.5, 0.6) is 5.75 Å². The fraction of sp³-hybridized carbons (Fsp3) is 0.100. The number of aryl methyl sites for hydroxylation is 1. The van der Waals surface area contributed by atoms with Crippen LogP contribution in [0.15, 0.2) is 66.9 Å². The molecule has 0 fully saturated rings. The highest BCUT2D eigenvalue weighted by Crippen LogP contribution is 2.25. The van der Waals surface area contributed by atoms with Crippen LogP contribution >= 0.6 is 0 Å². The summed E-state index contributed by atoms with van der Waals surface area (Å²) in [5.41, 5.74) is 10.8. The molecule has 25 heavy (non-hydrogen) atoms. The number of nitrogens with zero attached hydrogens (tertiary/aromatic N) is 3. The Bertz CT molecular complexity index is 1010. The van der Waals surface area contributed by atoms with Gasteiger partial charge >= 0.3 is 0 Å². The van der Waals surface area contributed by atoms with Crippen molar-refractivity contribution in [2.45, 2.75) is 13.5 Å². The van der Waals surface area contributed by atoms with E-state index in [0.29, 0.717) is 12.6 Å². The average Bonchev–Trinajstić information content (AvgIpc) is 2.99. The number of pyridine rings is 1. The van der Waals surface area contributed by atoms with Gasteiger partial charge < -0.3 is 10.5 Å². The summed E-state index contributed by atoms with van der Waals surface area (Å²) in [4.78, 5) is 8.86. The van der Waals surface area contributed by atoms with E-state index in [4.69, 9.17) is 10.5 Å². The van der Waals surface area contributed by atoms with Gasteiger partial charge in [-0.3, -0.25) is 4.57 Å². The molecule has 0 aliphatic carbocycles. The van der Waals surface area contributed by atoms with Gasteiger partial charge in [0.15, 0.2) is 5.65 Å². The van der Waals surface area contributed by atoms with E-state index in [0.717, 1.165) is 33.7 Å². The van der Waals surface area contributed by atoms with Crippen molar-refractivity contribution in [2.24, 2.45) is 0 Å². The lowest BCUT2D eigenvalue weighted by Gasteiger charge is -2.09. The number of anilines is 1. The molecular weight excluding hydrogens is 312 g/mol. The van der Waals surface area contributed by atoms with Crippen molar-refractivity contribution in [1.82, 2.24) is 14.5 Å². The monoisotopic (exact) mass is 330 g/mol. The van der Waals surface area contributed by atoms with Gasteiger partial charge in [0.25, 0.3) is 0 Å². The summed E-state index contributed by atoms with van der Waals surface area (Å²) in [6.07, 6.45) is 1.77. The molecule has 0 radical (unpaired) electrons. The number of hydrogen-bond donors (Lipinski definition) is 1. The number of fused-ring (bicyclic) bond motifs is 1. The summed E-state index contributed by atoms with van der Waals surface area (Å²) in [6.45, 7) is 2.54. The molecule has 2 heterocycles. The molecule has 2 N–H and O–H groups in total. The van der Waals surface area contributed by atoms with E-state index in [-0.39, 0.29) is 0 Å². The van der Waals surface area contributed by atoms with Gasteiger partial charge in [0.1, 0.15) is 17.9 Å². The Hall–Kier alpha value is -3.34. The first-order valence-corrected chi connectivity index (χ1v) is 8.09. The summed E-state index contributed by atoms with van der Waals surface area (Å²) in [5, 5.41) is 0. The van der Waals surface area contributed by atoms with Crippen LogP contribution in [0, 0.1) is 6.92 Å². The molecule has 0 aliphatic heterocycles. The Morgan fingerprint density at radius 2 is 1.76 bits per heavy atom. The second-order valence-corrected chi connectivity index (χ2v) is 5.87. The van der Waals surface area contributed by atoms with Crippen molar-refractivity contribution >= 4 is 17.1 Å².